The van der Waals surface area contributed by atoms with E-state index in [1.54, 1.807) is 12.4 Å². The van der Waals surface area contributed by atoms with Crippen molar-refractivity contribution in [2.75, 3.05) is 44.2 Å². The van der Waals surface area contributed by atoms with Crippen LogP contribution in [0.4, 0.5) is 5.95 Å². The first-order valence-electron chi connectivity index (χ1n) is 10.0. The minimum absolute atomic E-state index is 0. The van der Waals surface area contributed by atoms with E-state index in [0.717, 1.165) is 51.2 Å². The summed E-state index contributed by atoms with van der Waals surface area (Å²) in [6.07, 6.45) is 6.02. The van der Waals surface area contributed by atoms with E-state index in [0.29, 0.717) is 0 Å². The van der Waals surface area contributed by atoms with Gasteiger partial charge < -0.3 is 15.1 Å². The summed E-state index contributed by atoms with van der Waals surface area (Å²) >= 11 is 3.72. The molecule has 1 aromatic heterocycles. The monoisotopic (exact) mass is 570 g/mol. The molecular formula is C21H28BrIN6. The van der Waals surface area contributed by atoms with Gasteiger partial charge in [0.1, 0.15) is 0 Å². The Kier molecular flexibility index (Phi) is 7.72. The summed E-state index contributed by atoms with van der Waals surface area (Å²) in [6.45, 7) is 7.50. The Morgan fingerprint density at radius 3 is 2.41 bits per heavy atom. The first-order chi connectivity index (χ1) is 13.7. The summed E-state index contributed by atoms with van der Waals surface area (Å²) in [5.41, 5.74) is 1.58. The third kappa shape index (κ3) is 5.20. The van der Waals surface area contributed by atoms with Crippen LogP contribution in [-0.4, -0.2) is 60.1 Å². The Morgan fingerprint density at radius 1 is 1.10 bits per heavy atom. The Bertz CT molecular complexity index is 819. The standard InChI is InChI=1S/C21H27BrN6.HI/c1-2-23-19(26-16-21(8-9-21)17-6-3-4-7-18(17)22)27-12-14-28(15-13-27)20-24-10-5-11-25-20;/h3-7,10-11H,2,8-9,12-16H2,1H3,(H,23,26);1H. The molecule has 2 fully saturated rings. The van der Waals surface area contributed by atoms with Gasteiger partial charge in [-0.15, -0.1) is 24.0 Å². The molecule has 1 N–H and O–H groups in total. The van der Waals surface area contributed by atoms with E-state index in [4.69, 9.17) is 4.99 Å². The molecule has 6 nitrogen and oxygen atoms in total. The normalized spacial score (nSPS) is 18.2. The molecule has 4 rings (SSSR count). The van der Waals surface area contributed by atoms with Crippen LogP contribution in [0, 0.1) is 0 Å². The van der Waals surface area contributed by atoms with Crippen LogP contribution < -0.4 is 10.2 Å². The smallest absolute Gasteiger partial charge is 0.225 e. The molecule has 156 valence electrons. The summed E-state index contributed by atoms with van der Waals surface area (Å²) in [5, 5.41) is 3.49. The maximum absolute atomic E-state index is 5.05. The lowest BCUT2D eigenvalue weighted by Gasteiger charge is -2.36. The van der Waals surface area contributed by atoms with E-state index in [1.165, 1.54) is 22.9 Å². The molecule has 2 heterocycles. The quantitative estimate of drug-likeness (QED) is 0.338. The molecule has 2 aliphatic rings. The van der Waals surface area contributed by atoms with Crippen molar-refractivity contribution in [3.05, 3.63) is 52.8 Å². The first-order valence-corrected chi connectivity index (χ1v) is 10.8. The van der Waals surface area contributed by atoms with Crippen LogP contribution in [0.5, 0.6) is 0 Å². The molecule has 0 spiro atoms. The highest BCUT2D eigenvalue weighted by molar-refractivity contribution is 14.0. The maximum Gasteiger partial charge on any atom is 0.225 e. The molecule has 0 radical (unpaired) electrons. The largest absolute Gasteiger partial charge is 0.357 e. The van der Waals surface area contributed by atoms with Gasteiger partial charge in [-0.2, -0.15) is 0 Å². The predicted molar refractivity (Wildman–Crippen MR) is 132 cm³/mol. The van der Waals surface area contributed by atoms with Crippen LogP contribution in [0.3, 0.4) is 0 Å². The number of anilines is 1. The number of piperazine rings is 1. The van der Waals surface area contributed by atoms with Crippen molar-refractivity contribution in [2.24, 2.45) is 4.99 Å². The van der Waals surface area contributed by atoms with Crippen molar-refractivity contribution in [2.45, 2.75) is 25.2 Å². The fraction of sp³-hybridized carbons (Fsp3) is 0.476. The van der Waals surface area contributed by atoms with E-state index < -0.39 is 0 Å². The fourth-order valence-electron chi connectivity index (χ4n) is 3.78. The molecule has 1 saturated carbocycles. The fourth-order valence-corrected chi connectivity index (χ4v) is 4.48. The highest BCUT2D eigenvalue weighted by Gasteiger charge is 2.45. The van der Waals surface area contributed by atoms with Gasteiger partial charge in [-0.1, -0.05) is 34.1 Å². The summed E-state index contributed by atoms with van der Waals surface area (Å²) < 4.78 is 1.20. The van der Waals surface area contributed by atoms with Crippen molar-refractivity contribution >= 4 is 51.8 Å². The van der Waals surface area contributed by atoms with Gasteiger partial charge >= 0.3 is 0 Å². The van der Waals surface area contributed by atoms with Crippen LogP contribution >= 0.6 is 39.9 Å². The highest BCUT2D eigenvalue weighted by Crippen LogP contribution is 2.50. The second-order valence-corrected chi connectivity index (χ2v) is 8.31. The summed E-state index contributed by atoms with van der Waals surface area (Å²) in [7, 11) is 0. The number of nitrogens with zero attached hydrogens (tertiary/aromatic N) is 5. The van der Waals surface area contributed by atoms with E-state index in [1.807, 2.05) is 6.07 Å². The number of rotatable bonds is 5. The second kappa shape index (κ2) is 10.1. The minimum Gasteiger partial charge on any atom is -0.357 e. The first kappa shape index (κ1) is 22.3. The topological polar surface area (TPSA) is 56.7 Å². The van der Waals surface area contributed by atoms with Crippen molar-refractivity contribution in [1.82, 2.24) is 20.2 Å². The number of halogens is 2. The maximum atomic E-state index is 5.05. The second-order valence-electron chi connectivity index (χ2n) is 7.45. The number of guanidine groups is 1. The average Bonchev–Trinajstić information content (AvgIpc) is 3.53. The van der Waals surface area contributed by atoms with Crippen LogP contribution in [0.2, 0.25) is 0 Å². The molecule has 29 heavy (non-hydrogen) atoms. The molecule has 0 bridgehead atoms. The van der Waals surface area contributed by atoms with Crippen molar-refractivity contribution in [1.29, 1.82) is 0 Å². The van der Waals surface area contributed by atoms with E-state index in [9.17, 15) is 0 Å². The molecule has 8 heteroatoms. The number of hydrogen-bond acceptors (Lipinski definition) is 4. The number of hydrogen-bond donors (Lipinski definition) is 1. The van der Waals surface area contributed by atoms with Gasteiger partial charge in [-0.05, 0) is 37.5 Å². The molecule has 2 aromatic rings. The van der Waals surface area contributed by atoms with E-state index in [2.05, 4.69) is 72.2 Å². The molecule has 1 aromatic carbocycles. The number of nitrogens with one attached hydrogen (secondary N) is 1. The summed E-state index contributed by atoms with van der Waals surface area (Å²) in [5.74, 6) is 1.84. The Labute approximate surface area is 198 Å². The Morgan fingerprint density at radius 2 is 1.79 bits per heavy atom. The van der Waals surface area contributed by atoms with Crippen molar-refractivity contribution < 1.29 is 0 Å². The van der Waals surface area contributed by atoms with Crippen LogP contribution in [0.25, 0.3) is 0 Å². The van der Waals surface area contributed by atoms with Crippen LogP contribution in [0.15, 0.2) is 52.2 Å². The van der Waals surface area contributed by atoms with Gasteiger partial charge in [-0.25, -0.2) is 9.97 Å². The Balaban J connectivity index is 0.00000240. The zero-order valence-corrected chi connectivity index (χ0v) is 20.6. The van der Waals surface area contributed by atoms with Crippen molar-refractivity contribution in [3.63, 3.8) is 0 Å². The number of aliphatic imine (C=N–C) groups is 1. The van der Waals surface area contributed by atoms with E-state index in [-0.39, 0.29) is 29.4 Å². The van der Waals surface area contributed by atoms with Gasteiger partial charge in [-0.3, -0.25) is 4.99 Å². The zero-order valence-electron chi connectivity index (χ0n) is 16.7. The third-order valence-corrected chi connectivity index (χ3v) is 6.27. The lowest BCUT2D eigenvalue weighted by Crippen LogP contribution is -2.53. The average molecular weight is 571 g/mol. The highest BCUT2D eigenvalue weighted by atomic mass is 127. The minimum atomic E-state index is 0. The number of benzene rings is 1. The van der Waals surface area contributed by atoms with Crippen LogP contribution in [0.1, 0.15) is 25.3 Å². The Hall–Kier alpha value is -1.42. The summed E-state index contributed by atoms with van der Waals surface area (Å²) in [6, 6.07) is 10.4. The molecule has 1 aliphatic carbocycles. The van der Waals surface area contributed by atoms with Gasteiger partial charge in [0.05, 0.1) is 6.54 Å². The predicted octanol–water partition coefficient (Wildman–Crippen LogP) is 3.68. The molecule has 0 atom stereocenters. The van der Waals surface area contributed by atoms with Gasteiger partial charge in [0.15, 0.2) is 5.96 Å². The van der Waals surface area contributed by atoms with Gasteiger partial charge in [0, 0.05) is 55.0 Å². The van der Waals surface area contributed by atoms with E-state index >= 15 is 0 Å². The lowest BCUT2D eigenvalue weighted by atomic mass is 9.96. The third-order valence-electron chi connectivity index (χ3n) is 5.58. The van der Waals surface area contributed by atoms with Gasteiger partial charge in [0.25, 0.3) is 0 Å². The van der Waals surface area contributed by atoms with Crippen molar-refractivity contribution in [3.8, 4) is 0 Å². The molecule has 0 amide bonds. The molecule has 0 unspecified atom stereocenters. The molecular weight excluding hydrogens is 543 g/mol. The van der Waals surface area contributed by atoms with Gasteiger partial charge in [0.2, 0.25) is 5.95 Å². The molecule has 1 saturated heterocycles. The summed E-state index contributed by atoms with van der Waals surface area (Å²) in [4.78, 5) is 18.4. The SMILES string of the molecule is CCNC(=NCC1(c2ccccc2Br)CC1)N1CCN(c2ncccn2)CC1.I. The van der Waals surface area contributed by atoms with Crippen LogP contribution in [-0.2, 0) is 5.41 Å². The zero-order chi connectivity index (χ0) is 19.4. The number of aromatic nitrogens is 2. The lowest BCUT2D eigenvalue weighted by molar-refractivity contribution is 0.369. The molecule has 1 aliphatic heterocycles.